The molecule has 0 radical (unpaired) electrons. The first-order valence-corrected chi connectivity index (χ1v) is 11.1. The molecule has 0 saturated carbocycles. The molecule has 0 aromatic heterocycles. The SMILES string of the molecule is C=C(C(CCc1ccccc1)C(C)(O)CC)[Si](C)(C)C. The highest BCUT2D eigenvalue weighted by molar-refractivity contribution is 6.83. The van der Waals surface area contributed by atoms with Crippen molar-refractivity contribution >= 4 is 8.07 Å². The second-order valence-electron chi connectivity index (χ2n) is 7.06. The van der Waals surface area contributed by atoms with Gasteiger partial charge in [0.1, 0.15) is 0 Å². The van der Waals surface area contributed by atoms with Crippen LogP contribution in [0.15, 0.2) is 42.1 Å². The van der Waals surface area contributed by atoms with E-state index in [2.05, 4.69) is 57.4 Å². The van der Waals surface area contributed by atoms with E-state index in [0.29, 0.717) is 0 Å². The van der Waals surface area contributed by atoms with Crippen LogP contribution in [0.2, 0.25) is 19.6 Å². The van der Waals surface area contributed by atoms with Crippen LogP contribution in [0, 0.1) is 5.92 Å². The molecule has 0 saturated heterocycles. The lowest BCUT2D eigenvalue weighted by molar-refractivity contribution is 0.00913. The van der Waals surface area contributed by atoms with Gasteiger partial charge in [-0.2, -0.15) is 0 Å². The Morgan fingerprint density at radius 2 is 1.80 bits per heavy atom. The average Bonchev–Trinajstić information content (AvgIpc) is 2.38. The fourth-order valence-corrected chi connectivity index (χ4v) is 4.09. The average molecular weight is 291 g/mol. The van der Waals surface area contributed by atoms with Crippen molar-refractivity contribution in [2.24, 2.45) is 5.92 Å². The van der Waals surface area contributed by atoms with Crippen LogP contribution < -0.4 is 0 Å². The summed E-state index contributed by atoms with van der Waals surface area (Å²) in [4.78, 5) is 0. The van der Waals surface area contributed by atoms with Crippen molar-refractivity contribution in [1.82, 2.24) is 0 Å². The molecule has 0 aliphatic heterocycles. The van der Waals surface area contributed by atoms with Gasteiger partial charge in [0.15, 0.2) is 0 Å². The summed E-state index contributed by atoms with van der Waals surface area (Å²) in [6.45, 7) is 15.3. The van der Waals surface area contributed by atoms with Crippen molar-refractivity contribution in [3.8, 4) is 0 Å². The molecule has 0 aliphatic carbocycles. The number of rotatable bonds is 7. The van der Waals surface area contributed by atoms with Crippen LogP contribution in [-0.4, -0.2) is 18.8 Å². The molecular formula is C18H30OSi. The van der Waals surface area contributed by atoms with E-state index >= 15 is 0 Å². The third-order valence-corrected chi connectivity index (χ3v) is 6.69. The van der Waals surface area contributed by atoms with E-state index < -0.39 is 13.7 Å². The van der Waals surface area contributed by atoms with E-state index in [0.717, 1.165) is 19.3 Å². The Morgan fingerprint density at radius 3 is 2.25 bits per heavy atom. The number of aryl methyl sites for hydroxylation is 1. The van der Waals surface area contributed by atoms with Gasteiger partial charge < -0.3 is 5.11 Å². The maximum atomic E-state index is 10.8. The maximum absolute atomic E-state index is 10.8. The molecule has 0 heterocycles. The number of benzene rings is 1. The van der Waals surface area contributed by atoms with E-state index in [1.54, 1.807) is 0 Å². The van der Waals surface area contributed by atoms with Gasteiger partial charge in [-0.15, -0.1) is 6.58 Å². The Morgan fingerprint density at radius 1 is 1.25 bits per heavy atom. The van der Waals surface area contributed by atoms with Crippen molar-refractivity contribution < 1.29 is 5.11 Å². The van der Waals surface area contributed by atoms with Crippen molar-refractivity contribution in [3.05, 3.63) is 47.7 Å². The van der Waals surface area contributed by atoms with Gasteiger partial charge >= 0.3 is 0 Å². The van der Waals surface area contributed by atoms with Crippen LogP contribution in [0.3, 0.4) is 0 Å². The lowest BCUT2D eigenvalue weighted by atomic mass is 9.82. The second kappa shape index (κ2) is 6.73. The zero-order chi connectivity index (χ0) is 15.4. The molecular weight excluding hydrogens is 260 g/mol. The quantitative estimate of drug-likeness (QED) is 0.713. The summed E-state index contributed by atoms with van der Waals surface area (Å²) < 4.78 is 0. The van der Waals surface area contributed by atoms with Crippen molar-refractivity contribution in [2.45, 2.75) is 58.4 Å². The predicted octanol–water partition coefficient (Wildman–Crippen LogP) is 4.83. The second-order valence-corrected chi connectivity index (χ2v) is 12.2. The molecule has 2 heteroatoms. The van der Waals surface area contributed by atoms with Gasteiger partial charge in [-0.25, -0.2) is 0 Å². The zero-order valence-electron chi connectivity index (χ0n) is 13.7. The lowest BCUT2D eigenvalue weighted by Crippen LogP contribution is -2.41. The predicted molar refractivity (Wildman–Crippen MR) is 91.7 cm³/mol. The van der Waals surface area contributed by atoms with E-state index in [1.807, 2.05) is 13.0 Å². The topological polar surface area (TPSA) is 20.2 Å². The van der Waals surface area contributed by atoms with Crippen LogP contribution >= 0.6 is 0 Å². The molecule has 1 aromatic rings. The third-order valence-electron chi connectivity index (χ3n) is 4.41. The third kappa shape index (κ3) is 4.60. The van der Waals surface area contributed by atoms with Crippen LogP contribution in [-0.2, 0) is 6.42 Å². The van der Waals surface area contributed by atoms with E-state index in [9.17, 15) is 5.11 Å². The highest BCUT2D eigenvalue weighted by Gasteiger charge is 2.36. The molecule has 2 unspecified atom stereocenters. The van der Waals surface area contributed by atoms with Crippen LogP contribution in [0.25, 0.3) is 0 Å². The monoisotopic (exact) mass is 290 g/mol. The number of aliphatic hydroxyl groups is 1. The molecule has 1 N–H and O–H groups in total. The summed E-state index contributed by atoms with van der Waals surface area (Å²) in [7, 11) is -1.44. The molecule has 0 aliphatic rings. The summed E-state index contributed by atoms with van der Waals surface area (Å²) in [5.74, 6) is 0.194. The van der Waals surface area contributed by atoms with E-state index in [-0.39, 0.29) is 5.92 Å². The summed E-state index contributed by atoms with van der Waals surface area (Å²) in [5.41, 5.74) is 0.694. The first kappa shape index (κ1) is 17.2. The molecule has 1 rings (SSSR count). The number of hydrogen-bond acceptors (Lipinski definition) is 1. The van der Waals surface area contributed by atoms with Gasteiger partial charge in [0, 0.05) is 5.92 Å². The Kier molecular flexibility index (Phi) is 5.78. The first-order valence-electron chi connectivity index (χ1n) is 7.64. The highest BCUT2D eigenvalue weighted by Crippen LogP contribution is 2.35. The van der Waals surface area contributed by atoms with Crippen LogP contribution in [0.5, 0.6) is 0 Å². The molecule has 2 atom stereocenters. The molecule has 112 valence electrons. The molecule has 20 heavy (non-hydrogen) atoms. The molecule has 0 amide bonds. The fraction of sp³-hybridized carbons (Fsp3) is 0.556. The smallest absolute Gasteiger partial charge is 0.0721 e. The van der Waals surface area contributed by atoms with Gasteiger partial charge in [0.25, 0.3) is 0 Å². The Hall–Kier alpha value is -0.863. The lowest BCUT2D eigenvalue weighted by Gasteiger charge is -2.38. The zero-order valence-corrected chi connectivity index (χ0v) is 14.7. The number of hydrogen-bond donors (Lipinski definition) is 1. The maximum Gasteiger partial charge on any atom is 0.0721 e. The standard InChI is InChI=1S/C18H30OSi/c1-7-18(3,19)17(15(2)20(4,5)6)14-13-16-11-9-8-10-12-16/h8-12,17,19H,2,7,13-14H2,1,3-6H3. The van der Waals surface area contributed by atoms with E-state index in [4.69, 9.17) is 0 Å². The summed E-state index contributed by atoms with van der Waals surface area (Å²) >= 11 is 0. The van der Waals surface area contributed by atoms with Crippen molar-refractivity contribution in [3.63, 3.8) is 0 Å². The summed E-state index contributed by atoms with van der Waals surface area (Å²) in [5, 5.41) is 12.0. The largest absolute Gasteiger partial charge is 0.390 e. The molecule has 0 bridgehead atoms. The van der Waals surface area contributed by atoms with E-state index in [1.165, 1.54) is 10.8 Å². The van der Waals surface area contributed by atoms with Gasteiger partial charge in [-0.1, -0.05) is 62.1 Å². The van der Waals surface area contributed by atoms with Gasteiger partial charge in [0.05, 0.1) is 13.7 Å². The first-order chi connectivity index (χ1) is 9.18. The summed E-state index contributed by atoms with van der Waals surface area (Å²) in [6, 6.07) is 10.5. The minimum absolute atomic E-state index is 0.194. The van der Waals surface area contributed by atoms with Crippen LogP contribution in [0.4, 0.5) is 0 Å². The van der Waals surface area contributed by atoms with Crippen molar-refractivity contribution in [2.75, 3.05) is 0 Å². The molecule has 1 nitrogen and oxygen atoms in total. The van der Waals surface area contributed by atoms with Gasteiger partial charge in [-0.05, 0) is 31.7 Å². The Labute approximate surface area is 125 Å². The molecule has 1 aromatic carbocycles. The Balaban J connectivity index is 2.87. The molecule has 0 spiro atoms. The van der Waals surface area contributed by atoms with Crippen LogP contribution in [0.1, 0.15) is 32.3 Å². The van der Waals surface area contributed by atoms with Gasteiger partial charge in [-0.3, -0.25) is 0 Å². The fourth-order valence-electron chi connectivity index (χ4n) is 2.59. The van der Waals surface area contributed by atoms with Crippen molar-refractivity contribution in [1.29, 1.82) is 0 Å². The molecule has 0 fully saturated rings. The Bertz CT molecular complexity index is 428. The minimum Gasteiger partial charge on any atom is -0.390 e. The minimum atomic E-state index is -1.44. The van der Waals surface area contributed by atoms with Gasteiger partial charge in [0.2, 0.25) is 0 Å². The highest BCUT2D eigenvalue weighted by atomic mass is 28.3. The normalized spacial score (nSPS) is 16.5. The summed E-state index contributed by atoms with van der Waals surface area (Å²) in [6.07, 6.45) is 2.76.